The summed E-state index contributed by atoms with van der Waals surface area (Å²) in [5, 5.41) is 25.1. The monoisotopic (exact) mass is 442 g/mol. The van der Waals surface area contributed by atoms with E-state index in [1.165, 1.54) is 6.33 Å². The van der Waals surface area contributed by atoms with Gasteiger partial charge in [-0.1, -0.05) is 30.3 Å². The summed E-state index contributed by atoms with van der Waals surface area (Å²) in [5.41, 5.74) is 1.89. The Morgan fingerprint density at radius 2 is 1.97 bits per heavy atom. The quantitative estimate of drug-likeness (QED) is 0.506. The molecule has 31 heavy (non-hydrogen) atoms. The van der Waals surface area contributed by atoms with Gasteiger partial charge in [0.15, 0.2) is 6.23 Å². The lowest BCUT2D eigenvalue weighted by molar-refractivity contribution is -0.112. The number of ether oxygens (including phenoxy) is 1. The van der Waals surface area contributed by atoms with Gasteiger partial charge in [0.05, 0.1) is 11.5 Å². The van der Waals surface area contributed by atoms with E-state index in [9.17, 15) is 15.0 Å². The van der Waals surface area contributed by atoms with Gasteiger partial charge in [0.1, 0.15) is 30.0 Å². The summed E-state index contributed by atoms with van der Waals surface area (Å²) in [7, 11) is 0. The number of anilines is 1. The predicted octanol–water partition coefficient (Wildman–Crippen LogP) is 2.85. The van der Waals surface area contributed by atoms with Gasteiger partial charge in [-0.05, 0) is 43.5 Å². The Morgan fingerprint density at radius 3 is 2.68 bits per heavy atom. The molecule has 8 nitrogen and oxygen atoms in total. The number of aromatic nitrogens is 3. The van der Waals surface area contributed by atoms with Crippen LogP contribution in [0.2, 0.25) is 5.02 Å². The van der Waals surface area contributed by atoms with Crippen molar-refractivity contribution in [2.75, 3.05) is 5.32 Å². The van der Waals surface area contributed by atoms with Gasteiger partial charge in [-0.3, -0.25) is 4.79 Å². The number of halogens is 1. The fourth-order valence-corrected chi connectivity index (χ4v) is 3.77. The van der Waals surface area contributed by atoms with Gasteiger partial charge in [0, 0.05) is 16.8 Å². The van der Waals surface area contributed by atoms with Crippen molar-refractivity contribution in [2.24, 2.45) is 0 Å². The van der Waals surface area contributed by atoms with Crippen LogP contribution in [0, 0.1) is 0 Å². The van der Waals surface area contributed by atoms with Crippen molar-refractivity contribution in [1.29, 1.82) is 0 Å². The van der Waals surface area contributed by atoms with Gasteiger partial charge in [0.25, 0.3) is 5.91 Å². The standard InChI is InChI=1S/C22H23ClN4O4/c1-12(2)21(30)26-19-15-9-10-27(20(15)25-11-24-19)22-18(29)17(28)16(31-22)8-5-13-3-6-14(23)7-4-13/h3-4,6-7,9-11,16-18,22,28-29H,1,5,8H2,2H3,(H,24,25,26,30)/t16-,17-,18-,22-/m1/s1. The Labute approximate surface area is 184 Å². The first-order chi connectivity index (χ1) is 14.8. The van der Waals surface area contributed by atoms with Crippen LogP contribution in [0.15, 0.2) is 55.0 Å². The van der Waals surface area contributed by atoms with E-state index >= 15 is 0 Å². The maximum atomic E-state index is 12.0. The van der Waals surface area contributed by atoms with Gasteiger partial charge < -0.3 is 24.8 Å². The summed E-state index contributed by atoms with van der Waals surface area (Å²) in [6, 6.07) is 9.21. The molecule has 4 atom stereocenters. The molecule has 1 fully saturated rings. The second-order valence-corrected chi connectivity index (χ2v) is 8.06. The summed E-state index contributed by atoms with van der Waals surface area (Å²) in [5.74, 6) is -0.00772. The van der Waals surface area contributed by atoms with E-state index in [-0.39, 0.29) is 5.91 Å². The molecule has 0 radical (unpaired) electrons. The Morgan fingerprint density at radius 1 is 1.23 bits per heavy atom. The Balaban J connectivity index is 1.53. The van der Waals surface area contributed by atoms with Crippen LogP contribution in [0.3, 0.4) is 0 Å². The van der Waals surface area contributed by atoms with E-state index < -0.39 is 24.5 Å². The lowest BCUT2D eigenvalue weighted by Gasteiger charge is -2.17. The number of hydrogen-bond acceptors (Lipinski definition) is 6. The zero-order valence-corrected chi connectivity index (χ0v) is 17.7. The maximum Gasteiger partial charge on any atom is 0.251 e. The molecule has 1 aromatic carbocycles. The van der Waals surface area contributed by atoms with Crippen LogP contribution >= 0.6 is 11.6 Å². The second-order valence-electron chi connectivity index (χ2n) is 7.63. The topological polar surface area (TPSA) is 110 Å². The molecule has 2 aromatic heterocycles. The molecule has 0 saturated carbocycles. The van der Waals surface area contributed by atoms with E-state index in [0.29, 0.717) is 40.3 Å². The lowest BCUT2D eigenvalue weighted by Crippen LogP contribution is -2.31. The largest absolute Gasteiger partial charge is 0.388 e. The summed E-state index contributed by atoms with van der Waals surface area (Å²) in [6.45, 7) is 5.23. The van der Waals surface area contributed by atoms with Crippen LogP contribution < -0.4 is 5.32 Å². The number of nitrogens with one attached hydrogen (secondary N) is 1. The average Bonchev–Trinajstić information content (AvgIpc) is 3.30. The highest BCUT2D eigenvalue weighted by atomic mass is 35.5. The highest BCUT2D eigenvalue weighted by molar-refractivity contribution is 6.30. The molecular formula is C22H23ClN4O4. The zero-order valence-electron chi connectivity index (χ0n) is 16.9. The number of aliphatic hydroxyl groups is 2. The molecule has 162 valence electrons. The number of fused-ring (bicyclic) bond motifs is 1. The van der Waals surface area contributed by atoms with Gasteiger partial charge in [-0.15, -0.1) is 0 Å². The van der Waals surface area contributed by atoms with E-state index in [2.05, 4.69) is 21.9 Å². The number of carbonyl (C=O) groups excluding carboxylic acids is 1. The van der Waals surface area contributed by atoms with Crippen LogP contribution in [0.25, 0.3) is 11.0 Å². The smallest absolute Gasteiger partial charge is 0.251 e. The van der Waals surface area contributed by atoms with Crippen LogP contribution in [0.5, 0.6) is 0 Å². The number of carbonyl (C=O) groups is 1. The number of nitrogens with zero attached hydrogens (tertiary/aromatic N) is 3. The summed E-state index contributed by atoms with van der Waals surface area (Å²) in [4.78, 5) is 20.4. The first-order valence-corrected chi connectivity index (χ1v) is 10.3. The normalized spacial score (nSPS) is 23.2. The van der Waals surface area contributed by atoms with E-state index in [1.54, 1.807) is 23.8 Å². The van der Waals surface area contributed by atoms with E-state index in [4.69, 9.17) is 16.3 Å². The summed E-state index contributed by atoms with van der Waals surface area (Å²) < 4.78 is 7.66. The van der Waals surface area contributed by atoms with Crippen molar-refractivity contribution in [3.05, 3.63) is 65.6 Å². The van der Waals surface area contributed by atoms with Crippen molar-refractivity contribution >= 4 is 34.4 Å². The molecule has 0 aliphatic carbocycles. The first kappa shape index (κ1) is 21.5. The van der Waals surface area contributed by atoms with Crippen LogP contribution in [0.1, 0.15) is 25.1 Å². The van der Waals surface area contributed by atoms with Gasteiger partial charge in [-0.2, -0.15) is 0 Å². The minimum Gasteiger partial charge on any atom is -0.388 e. The Kier molecular flexibility index (Phi) is 6.06. The third-order valence-corrected chi connectivity index (χ3v) is 5.62. The second kappa shape index (κ2) is 8.76. The fourth-order valence-electron chi connectivity index (χ4n) is 3.65. The molecule has 3 N–H and O–H groups in total. The number of rotatable bonds is 6. The fraction of sp³-hybridized carbons (Fsp3) is 0.318. The number of benzene rings is 1. The number of aryl methyl sites for hydroxylation is 1. The lowest BCUT2D eigenvalue weighted by atomic mass is 10.0. The van der Waals surface area contributed by atoms with Crippen LogP contribution in [0.4, 0.5) is 5.82 Å². The molecule has 1 saturated heterocycles. The third-order valence-electron chi connectivity index (χ3n) is 5.37. The van der Waals surface area contributed by atoms with E-state index in [1.807, 2.05) is 24.3 Å². The van der Waals surface area contributed by atoms with Crippen molar-refractivity contribution < 1.29 is 19.7 Å². The van der Waals surface area contributed by atoms with Gasteiger partial charge >= 0.3 is 0 Å². The Bertz CT molecular complexity index is 1110. The number of aliphatic hydroxyl groups excluding tert-OH is 2. The zero-order chi connectivity index (χ0) is 22.1. The highest BCUT2D eigenvalue weighted by Gasteiger charge is 2.43. The van der Waals surface area contributed by atoms with E-state index in [0.717, 1.165) is 5.56 Å². The highest BCUT2D eigenvalue weighted by Crippen LogP contribution is 2.34. The molecule has 3 heterocycles. The van der Waals surface area contributed by atoms with Gasteiger partial charge in [0.2, 0.25) is 0 Å². The third kappa shape index (κ3) is 4.33. The minimum absolute atomic E-state index is 0.337. The number of amides is 1. The Hall–Kier alpha value is -2.78. The molecule has 9 heteroatoms. The molecule has 4 rings (SSSR count). The van der Waals surface area contributed by atoms with Crippen LogP contribution in [-0.4, -0.2) is 49.0 Å². The number of hydrogen-bond donors (Lipinski definition) is 3. The van der Waals surface area contributed by atoms with Crippen molar-refractivity contribution in [3.63, 3.8) is 0 Å². The molecule has 1 aliphatic heterocycles. The van der Waals surface area contributed by atoms with Crippen molar-refractivity contribution in [2.45, 2.75) is 44.3 Å². The average molecular weight is 443 g/mol. The maximum absolute atomic E-state index is 12.0. The first-order valence-electron chi connectivity index (χ1n) is 9.89. The molecule has 3 aromatic rings. The molecule has 1 amide bonds. The van der Waals surface area contributed by atoms with Gasteiger partial charge in [-0.25, -0.2) is 9.97 Å². The summed E-state index contributed by atoms with van der Waals surface area (Å²) >= 11 is 5.92. The van der Waals surface area contributed by atoms with Crippen LogP contribution in [-0.2, 0) is 16.0 Å². The molecule has 0 bridgehead atoms. The predicted molar refractivity (Wildman–Crippen MR) is 117 cm³/mol. The SMILES string of the molecule is C=C(C)C(=O)Nc1ncnc2c1ccn2[C@@H]1O[C@H](CCc2ccc(Cl)cc2)[C@@H](O)[C@H]1O. The van der Waals surface area contributed by atoms with Crippen molar-refractivity contribution in [3.8, 4) is 0 Å². The minimum atomic E-state index is -1.13. The molecular weight excluding hydrogens is 420 g/mol. The molecule has 0 spiro atoms. The molecule has 1 aliphatic rings. The van der Waals surface area contributed by atoms with Crippen molar-refractivity contribution in [1.82, 2.24) is 14.5 Å². The molecule has 0 unspecified atom stereocenters. The summed E-state index contributed by atoms with van der Waals surface area (Å²) in [6.07, 6.45) is 0.683.